The molecule has 2 aromatic rings. The summed E-state index contributed by atoms with van der Waals surface area (Å²) in [6, 6.07) is 12.1. The van der Waals surface area contributed by atoms with Gasteiger partial charge in [0.05, 0.1) is 17.1 Å². The summed E-state index contributed by atoms with van der Waals surface area (Å²) in [6.45, 7) is 4.20. The first-order valence-corrected chi connectivity index (χ1v) is 12.9. The summed E-state index contributed by atoms with van der Waals surface area (Å²) in [5.41, 5.74) is 1.43. The van der Waals surface area contributed by atoms with E-state index in [9.17, 15) is 16.8 Å². The van der Waals surface area contributed by atoms with Gasteiger partial charge in [0.15, 0.2) is 0 Å². The van der Waals surface area contributed by atoms with E-state index in [0.717, 1.165) is 24.9 Å². The summed E-state index contributed by atoms with van der Waals surface area (Å²) in [5.74, 6) is 0.896. The number of benzene rings is 2. The van der Waals surface area contributed by atoms with Crippen LogP contribution in [-0.4, -0.2) is 34.8 Å². The van der Waals surface area contributed by atoms with E-state index >= 15 is 0 Å². The quantitative estimate of drug-likeness (QED) is 0.699. The van der Waals surface area contributed by atoms with Gasteiger partial charge in [0.25, 0.3) is 0 Å². The second kappa shape index (κ2) is 7.84. The lowest BCUT2D eigenvalue weighted by molar-refractivity contribution is 0.478. The van der Waals surface area contributed by atoms with Gasteiger partial charge in [0.2, 0.25) is 20.0 Å². The molecule has 0 radical (unpaired) electrons. The summed E-state index contributed by atoms with van der Waals surface area (Å²) in [6.07, 6.45) is 1.56. The normalized spacial score (nSPS) is 20.1. The molecular weight excluding hydrogens is 426 g/mol. The molecule has 2 aliphatic heterocycles. The van der Waals surface area contributed by atoms with Crippen LogP contribution in [0.25, 0.3) is 0 Å². The third-order valence-electron chi connectivity index (χ3n) is 5.31. The minimum absolute atomic E-state index is 0.149. The van der Waals surface area contributed by atoms with Crippen LogP contribution in [0.1, 0.15) is 32.3 Å². The zero-order valence-corrected chi connectivity index (χ0v) is 18.5. The van der Waals surface area contributed by atoms with Crippen LogP contribution < -0.4 is 19.1 Å². The van der Waals surface area contributed by atoms with Crippen LogP contribution in [0.15, 0.2) is 47.4 Å². The van der Waals surface area contributed by atoms with Crippen LogP contribution >= 0.6 is 0 Å². The molecule has 0 amide bonds. The highest BCUT2D eigenvalue weighted by Crippen LogP contribution is 2.38. The van der Waals surface area contributed by atoms with E-state index in [0.29, 0.717) is 17.2 Å². The minimum Gasteiger partial charge on any atom is -0.457 e. The predicted octanol–water partition coefficient (Wildman–Crippen LogP) is 2.52. The SMILES string of the molecule is CC(C)S(=O)(=O)NCc1cccc(Oc2ccc3c(c2)S(=O)(=O)NC2CCCN32)c1. The summed E-state index contributed by atoms with van der Waals surface area (Å²) >= 11 is 0. The molecule has 10 heteroatoms. The Balaban J connectivity index is 1.54. The molecule has 0 aromatic heterocycles. The molecule has 0 aliphatic carbocycles. The second-order valence-corrected chi connectivity index (χ2v) is 11.8. The number of rotatable bonds is 6. The van der Waals surface area contributed by atoms with E-state index in [1.54, 1.807) is 50.2 Å². The van der Waals surface area contributed by atoms with Crippen LogP contribution in [0.3, 0.4) is 0 Å². The molecule has 4 rings (SSSR count). The number of ether oxygens (including phenoxy) is 1. The molecule has 0 bridgehead atoms. The molecule has 1 unspecified atom stereocenters. The Morgan fingerprint density at radius 3 is 2.73 bits per heavy atom. The first-order valence-electron chi connectivity index (χ1n) is 9.84. The number of nitrogens with one attached hydrogen (secondary N) is 2. The van der Waals surface area contributed by atoms with Crippen molar-refractivity contribution >= 4 is 25.7 Å². The van der Waals surface area contributed by atoms with Gasteiger partial charge < -0.3 is 9.64 Å². The summed E-state index contributed by atoms with van der Waals surface area (Å²) in [5, 5.41) is -0.516. The molecular formula is C20H25N3O5S2. The minimum atomic E-state index is -3.60. The van der Waals surface area contributed by atoms with Gasteiger partial charge in [-0.1, -0.05) is 12.1 Å². The van der Waals surface area contributed by atoms with Crippen molar-refractivity contribution in [3.05, 3.63) is 48.0 Å². The maximum absolute atomic E-state index is 12.7. The van der Waals surface area contributed by atoms with Crippen molar-refractivity contribution in [2.75, 3.05) is 11.4 Å². The number of anilines is 1. The summed E-state index contributed by atoms with van der Waals surface area (Å²) in [4.78, 5) is 2.28. The van der Waals surface area contributed by atoms with Gasteiger partial charge >= 0.3 is 0 Å². The Bertz CT molecular complexity index is 1160. The highest BCUT2D eigenvalue weighted by atomic mass is 32.2. The maximum atomic E-state index is 12.7. The Morgan fingerprint density at radius 2 is 1.97 bits per heavy atom. The van der Waals surface area contributed by atoms with Crippen molar-refractivity contribution < 1.29 is 21.6 Å². The molecule has 0 spiro atoms. The second-order valence-electron chi connectivity index (χ2n) is 7.77. The molecule has 1 atom stereocenters. The molecule has 162 valence electrons. The highest BCUT2D eigenvalue weighted by molar-refractivity contribution is 7.90. The Morgan fingerprint density at radius 1 is 1.20 bits per heavy atom. The lowest BCUT2D eigenvalue weighted by atomic mass is 10.2. The van der Waals surface area contributed by atoms with Gasteiger partial charge in [-0.2, -0.15) is 4.72 Å². The molecule has 2 N–H and O–H groups in total. The van der Waals surface area contributed by atoms with Crippen LogP contribution in [0.5, 0.6) is 11.5 Å². The van der Waals surface area contributed by atoms with Crippen molar-refractivity contribution in [2.45, 2.75) is 49.5 Å². The van der Waals surface area contributed by atoms with Gasteiger partial charge in [0.1, 0.15) is 16.4 Å². The number of hydrogen-bond acceptors (Lipinski definition) is 6. The topological polar surface area (TPSA) is 105 Å². The van der Waals surface area contributed by atoms with Crippen molar-refractivity contribution in [3.63, 3.8) is 0 Å². The largest absolute Gasteiger partial charge is 0.457 e. The molecule has 30 heavy (non-hydrogen) atoms. The third kappa shape index (κ3) is 4.18. The van der Waals surface area contributed by atoms with Gasteiger partial charge in [-0.05, 0) is 56.5 Å². The first-order chi connectivity index (χ1) is 14.2. The monoisotopic (exact) mass is 451 g/mol. The fourth-order valence-electron chi connectivity index (χ4n) is 3.64. The summed E-state index contributed by atoms with van der Waals surface area (Å²) in [7, 11) is -6.97. The van der Waals surface area contributed by atoms with Crippen LogP contribution in [0.4, 0.5) is 5.69 Å². The molecule has 2 aromatic carbocycles. The Kier molecular flexibility index (Phi) is 5.52. The fourth-order valence-corrected chi connectivity index (χ4v) is 5.80. The highest BCUT2D eigenvalue weighted by Gasteiger charge is 2.37. The average Bonchev–Trinajstić information content (AvgIpc) is 3.14. The van der Waals surface area contributed by atoms with Crippen molar-refractivity contribution in [3.8, 4) is 11.5 Å². The van der Waals surface area contributed by atoms with Crippen molar-refractivity contribution in [2.24, 2.45) is 0 Å². The van der Waals surface area contributed by atoms with E-state index < -0.39 is 25.3 Å². The number of hydrogen-bond donors (Lipinski definition) is 2. The lowest BCUT2D eigenvalue weighted by Gasteiger charge is -2.33. The maximum Gasteiger partial charge on any atom is 0.244 e. The van der Waals surface area contributed by atoms with E-state index in [1.807, 2.05) is 0 Å². The standard InChI is InChI=1S/C20H25N3O5S2/c1-14(2)29(24,25)21-13-15-5-3-6-16(11-15)28-17-8-9-18-19(12-17)30(26,27)22-20-7-4-10-23(18)20/h3,5-6,8-9,11-12,14,20-22H,4,7,10,13H2,1-2H3. The zero-order valence-electron chi connectivity index (χ0n) is 16.8. The molecule has 2 heterocycles. The number of sulfonamides is 2. The molecule has 0 saturated carbocycles. The van der Waals surface area contributed by atoms with E-state index in [2.05, 4.69) is 14.3 Å². The number of nitrogens with zero attached hydrogens (tertiary/aromatic N) is 1. The van der Waals surface area contributed by atoms with E-state index in [-0.39, 0.29) is 17.6 Å². The lowest BCUT2D eigenvalue weighted by Crippen LogP contribution is -2.48. The number of fused-ring (bicyclic) bond motifs is 3. The molecule has 8 nitrogen and oxygen atoms in total. The molecule has 1 saturated heterocycles. The Hall–Kier alpha value is -2.14. The van der Waals surface area contributed by atoms with Crippen LogP contribution in [0, 0.1) is 0 Å². The van der Waals surface area contributed by atoms with Crippen molar-refractivity contribution in [1.29, 1.82) is 0 Å². The third-order valence-corrected chi connectivity index (χ3v) is 8.58. The molecule has 2 aliphatic rings. The first kappa shape index (κ1) is 21.1. The van der Waals surface area contributed by atoms with E-state index in [4.69, 9.17) is 4.74 Å². The smallest absolute Gasteiger partial charge is 0.244 e. The van der Waals surface area contributed by atoms with Gasteiger partial charge in [-0.25, -0.2) is 21.6 Å². The fraction of sp³-hybridized carbons (Fsp3) is 0.400. The van der Waals surface area contributed by atoms with Crippen molar-refractivity contribution in [1.82, 2.24) is 9.44 Å². The summed E-state index contributed by atoms with van der Waals surface area (Å²) < 4.78 is 60.4. The van der Waals surface area contributed by atoms with Gasteiger partial charge in [-0.3, -0.25) is 0 Å². The predicted molar refractivity (Wildman–Crippen MR) is 115 cm³/mol. The van der Waals surface area contributed by atoms with Crippen LogP contribution in [-0.2, 0) is 26.6 Å². The molecule has 1 fully saturated rings. The van der Waals surface area contributed by atoms with Crippen LogP contribution in [0.2, 0.25) is 0 Å². The Labute approximate surface area is 177 Å². The average molecular weight is 452 g/mol. The zero-order chi connectivity index (χ0) is 21.5. The van der Waals surface area contributed by atoms with E-state index in [1.165, 1.54) is 6.07 Å². The van der Waals surface area contributed by atoms with Gasteiger partial charge in [0, 0.05) is 19.2 Å². The van der Waals surface area contributed by atoms with Gasteiger partial charge in [-0.15, -0.1) is 0 Å².